The Kier molecular flexibility index (Phi) is 7.07. The van der Waals surface area contributed by atoms with E-state index < -0.39 is 0 Å². The number of benzene rings is 2. The van der Waals surface area contributed by atoms with E-state index in [-0.39, 0.29) is 24.1 Å². The van der Waals surface area contributed by atoms with Gasteiger partial charge in [-0.2, -0.15) is 4.68 Å². The van der Waals surface area contributed by atoms with Crippen LogP contribution in [0.15, 0.2) is 41.6 Å². The van der Waals surface area contributed by atoms with Gasteiger partial charge in [-0.15, -0.1) is 5.10 Å². The average molecular weight is 445 g/mol. The number of amides is 2. The molecular weight excluding hydrogens is 424 g/mol. The highest BCUT2D eigenvalue weighted by Crippen LogP contribution is 2.22. The highest BCUT2D eigenvalue weighted by Gasteiger charge is 2.13. The van der Waals surface area contributed by atoms with Crippen LogP contribution in [0.1, 0.15) is 16.7 Å². The van der Waals surface area contributed by atoms with Crippen molar-refractivity contribution < 1.29 is 9.59 Å². The first-order valence-electron chi connectivity index (χ1n) is 9.15. The van der Waals surface area contributed by atoms with Crippen LogP contribution in [0.2, 0.25) is 5.02 Å². The molecule has 3 aromatic rings. The molecule has 0 unspecified atom stereocenters. The number of nitrogens with one attached hydrogen (secondary N) is 2. The summed E-state index contributed by atoms with van der Waals surface area (Å²) in [4.78, 5) is 24.4. The summed E-state index contributed by atoms with van der Waals surface area (Å²) in [5, 5.41) is 18.1. The standard InChI is InChI=1S/C20H21ClN6O2S/c1-12-8-13(2)19(14(3)9-12)23-17(28)10-22-18(29)11-30-20-24-25-26-27(20)16-6-4-15(21)5-7-16/h4-9H,10-11H2,1-3H3,(H,22,29)(H,23,28). The lowest BCUT2D eigenvalue weighted by Gasteiger charge is -2.13. The zero-order valence-electron chi connectivity index (χ0n) is 16.8. The monoisotopic (exact) mass is 444 g/mol. The lowest BCUT2D eigenvalue weighted by Crippen LogP contribution is -2.34. The number of carbonyl (C=O) groups is 2. The molecule has 2 N–H and O–H groups in total. The molecule has 2 amide bonds. The molecule has 0 aliphatic carbocycles. The molecule has 0 fully saturated rings. The second-order valence-electron chi connectivity index (χ2n) is 6.74. The number of thioether (sulfide) groups is 1. The molecule has 1 aromatic heterocycles. The van der Waals surface area contributed by atoms with E-state index >= 15 is 0 Å². The van der Waals surface area contributed by atoms with Gasteiger partial charge in [-0.1, -0.05) is 41.1 Å². The number of halogens is 1. The first kappa shape index (κ1) is 21.8. The van der Waals surface area contributed by atoms with Gasteiger partial charge < -0.3 is 10.6 Å². The zero-order valence-corrected chi connectivity index (χ0v) is 18.3. The highest BCUT2D eigenvalue weighted by atomic mass is 35.5. The summed E-state index contributed by atoms with van der Waals surface area (Å²) in [7, 11) is 0. The number of nitrogens with zero attached hydrogens (tertiary/aromatic N) is 4. The maximum absolute atomic E-state index is 12.2. The molecule has 0 saturated heterocycles. The maximum atomic E-state index is 12.2. The molecule has 0 aliphatic heterocycles. The number of hydrogen-bond donors (Lipinski definition) is 2. The smallest absolute Gasteiger partial charge is 0.243 e. The molecule has 10 heteroatoms. The van der Waals surface area contributed by atoms with Gasteiger partial charge in [0.05, 0.1) is 18.0 Å². The van der Waals surface area contributed by atoms with Crippen molar-refractivity contribution in [3.05, 3.63) is 58.1 Å². The van der Waals surface area contributed by atoms with Gasteiger partial charge >= 0.3 is 0 Å². The van der Waals surface area contributed by atoms with Crippen molar-refractivity contribution in [2.24, 2.45) is 0 Å². The molecule has 0 aliphatic rings. The Hall–Kier alpha value is -2.91. The Balaban J connectivity index is 1.51. The zero-order chi connectivity index (χ0) is 21.7. The first-order chi connectivity index (χ1) is 14.3. The Morgan fingerprint density at radius 2 is 1.73 bits per heavy atom. The molecule has 156 valence electrons. The summed E-state index contributed by atoms with van der Waals surface area (Å²) in [6.07, 6.45) is 0. The van der Waals surface area contributed by atoms with Gasteiger partial charge in [-0.25, -0.2) is 0 Å². The van der Waals surface area contributed by atoms with E-state index in [4.69, 9.17) is 11.6 Å². The molecule has 0 saturated carbocycles. The molecule has 0 radical (unpaired) electrons. The van der Waals surface area contributed by atoms with Crippen LogP contribution < -0.4 is 10.6 Å². The second kappa shape index (κ2) is 9.73. The largest absolute Gasteiger partial charge is 0.346 e. The predicted molar refractivity (Wildman–Crippen MR) is 117 cm³/mol. The van der Waals surface area contributed by atoms with Gasteiger partial charge in [0.15, 0.2) is 0 Å². The van der Waals surface area contributed by atoms with Gasteiger partial charge in [0.2, 0.25) is 17.0 Å². The Morgan fingerprint density at radius 3 is 2.40 bits per heavy atom. The third-order valence-electron chi connectivity index (χ3n) is 4.23. The molecule has 1 heterocycles. The number of anilines is 1. The molecule has 0 bridgehead atoms. The van der Waals surface area contributed by atoms with Crippen LogP contribution in [-0.2, 0) is 9.59 Å². The number of aryl methyl sites for hydroxylation is 3. The van der Waals surface area contributed by atoms with Gasteiger partial charge in [0.1, 0.15) is 0 Å². The molecule has 2 aromatic carbocycles. The first-order valence-corrected chi connectivity index (χ1v) is 10.5. The number of aromatic nitrogens is 4. The molecule has 0 spiro atoms. The van der Waals surface area contributed by atoms with E-state index in [0.717, 1.165) is 28.1 Å². The summed E-state index contributed by atoms with van der Waals surface area (Å²) >= 11 is 7.07. The van der Waals surface area contributed by atoms with E-state index in [1.165, 1.54) is 16.4 Å². The summed E-state index contributed by atoms with van der Waals surface area (Å²) in [5.41, 5.74) is 4.61. The summed E-state index contributed by atoms with van der Waals surface area (Å²) in [6.45, 7) is 5.77. The number of rotatable bonds is 7. The van der Waals surface area contributed by atoms with Crippen LogP contribution in [0, 0.1) is 20.8 Å². The topological polar surface area (TPSA) is 102 Å². The van der Waals surface area contributed by atoms with E-state index in [0.29, 0.717) is 10.2 Å². The van der Waals surface area contributed by atoms with Crippen molar-refractivity contribution in [3.63, 3.8) is 0 Å². The predicted octanol–water partition coefficient (Wildman–Crippen LogP) is 3.09. The van der Waals surface area contributed by atoms with Crippen LogP contribution >= 0.6 is 23.4 Å². The summed E-state index contributed by atoms with van der Waals surface area (Å²) in [5.74, 6) is -0.503. The third kappa shape index (κ3) is 5.58. The van der Waals surface area contributed by atoms with Gasteiger partial charge in [-0.05, 0) is 66.6 Å². The Labute approximate surface area is 183 Å². The van der Waals surface area contributed by atoms with Crippen molar-refractivity contribution in [2.75, 3.05) is 17.6 Å². The molecule has 8 nitrogen and oxygen atoms in total. The van der Waals surface area contributed by atoms with Crippen LogP contribution in [-0.4, -0.2) is 44.3 Å². The minimum atomic E-state index is -0.293. The Morgan fingerprint density at radius 1 is 1.07 bits per heavy atom. The van der Waals surface area contributed by atoms with E-state index in [1.807, 2.05) is 32.9 Å². The maximum Gasteiger partial charge on any atom is 0.243 e. The average Bonchev–Trinajstić information content (AvgIpc) is 3.16. The highest BCUT2D eigenvalue weighted by molar-refractivity contribution is 7.99. The van der Waals surface area contributed by atoms with Crippen molar-refractivity contribution >= 4 is 40.9 Å². The van der Waals surface area contributed by atoms with Gasteiger partial charge in [-0.3, -0.25) is 9.59 Å². The van der Waals surface area contributed by atoms with Crippen molar-refractivity contribution in [3.8, 4) is 5.69 Å². The molecule has 0 atom stereocenters. The van der Waals surface area contributed by atoms with Crippen molar-refractivity contribution in [2.45, 2.75) is 25.9 Å². The van der Waals surface area contributed by atoms with Crippen molar-refractivity contribution in [1.82, 2.24) is 25.5 Å². The van der Waals surface area contributed by atoms with E-state index in [2.05, 4.69) is 26.2 Å². The summed E-state index contributed by atoms with van der Waals surface area (Å²) in [6, 6.07) is 11.0. The second-order valence-corrected chi connectivity index (χ2v) is 8.12. The lowest BCUT2D eigenvalue weighted by molar-refractivity contribution is -0.122. The minimum absolute atomic E-state index is 0.0732. The third-order valence-corrected chi connectivity index (χ3v) is 5.40. The number of tetrazole rings is 1. The number of carbonyl (C=O) groups excluding carboxylic acids is 2. The fraction of sp³-hybridized carbons (Fsp3) is 0.250. The van der Waals surface area contributed by atoms with Crippen LogP contribution in [0.25, 0.3) is 5.69 Å². The van der Waals surface area contributed by atoms with E-state index in [9.17, 15) is 9.59 Å². The SMILES string of the molecule is Cc1cc(C)c(NC(=O)CNC(=O)CSc2nnnn2-c2ccc(Cl)cc2)c(C)c1. The van der Waals surface area contributed by atoms with E-state index in [1.54, 1.807) is 24.3 Å². The van der Waals surface area contributed by atoms with Gasteiger partial charge in [0, 0.05) is 10.7 Å². The fourth-order valence-corrected chi connectivity index (χ4v) is 3.78. The molecule has 3 rings (SSSR count). The normalized spacial score (nSPS) is 10.7. The van der Waals surface area contributed by atoms with Crippen LogP contribution in [0.5, 0.6) is 0 Å². The van der Waals surface area contributed by atoms with Crippen LogP contribution in [0.4, 0.5) is 5.69 Å². The molecule has 30 heavy (non-hydrogen) atoms. The quantitative estimate of drug-likeness (QED) is 0.543. The Bertz CT molecular complexity index is 1040. The minimum Gasteiger partial charge on any atom is -0.346 e. The number of hydrogen-bond acceptors (Lipinski definition) is 6. The molecular formula is C20H21ClN6O2S. The lowest BCUT2D eigenvalue weighted by atomic mass is 10.1. The van der Waals surface area contributed by atoms with Crippen LogP contribution in [0.3, 0.4) is 0 Å². The summed E-state index contributed by atoms with van der Waals surface area (Å²) < 4.78 is 1.52. The fourth-order valence-electron chi connectivity index (χ4n) is 2.93. The van der Waals surface area contributed by atoms with Crippen molar-refractivity contribution in [1.29, 1.82) is 0 Å². The van der Waals surface area contributed by atoms with Gasteiger partial charge in [0.25, 0.3) is 0 Å².